The van der Waals surface area contributed by atoms with Gasteiger partial charge in [-0.05, 0) is 36.4 Å². The fraction of sp³-hybridized carbons (Fsp3) is 0.200. The number of pyridine rings is 1. The first kappa shape index (κ1) is 17.7. The highest BCUT2D eigenvalue weighted by Crippen LogP contribution is 2.19. The second-order valence-corrected chi connectivity index (χ2v) is 7.09. The van der Waals surface area contributed by atoms with Crippen LogP contribution in [-0.4, -0.2) is 37.7 Å². The Labute approximate surface area is 141 Å². The van der Waals surface area contributed by atoms with Crippen LogP contribution in [0.3, 0.4) is 0 Å². The zero-order valence-electron chi connectivity index (χ0n) is 13.6. The number of hydrogen-bond acceptors (Lipinski definition) is 5. The van der Waals surface area contributed by atoms with E-state index in [1.165, 1.54) is 27.2 Å². The van der Waals surface area contributed by atoms with Gasteiger partial charge < -0.3 is 10.6 Å². The molecule has 0 radical (unpaired) electrons. The first-order valence-electron chi connectivity index (χ1n) is 7.07. The lowest BCUT2D eigenvalue weighted by Gasteiger charge is -2.13. The molecule has 0 saturated carbocycles. The van der Waals surface area contributed by atoms with E-state index in [9.17, 15) is 13.2 Å². The Hall–Kier alpha value is -2.65. The van der Waals surface area contributed by atoms with Crippen LogP contribution in [0.15, 0.2) is 42.6 Å². The molecule has 1 amide bonds. The maximum atomic E-state index is 11.7. The summed E-state index contributed by atoms with van der Waals surface area (Å²) in [6, 6.07) is 10.5. The van der Waals surface area contributed by atoms with Crippen molar-refractivity contribution in [2.24, 2.45) is 0 Å². The highest BCUT2D eigenvalue weighted by Gasteiger charge is 2.13. The molecule has 8 nitrogen and oxygen atoms in total. The SMILES string of the molecule is CC(=O)Nc1ccc(Nc2ccc(NS(=O)(=O)N(C)C)nc2)cc1. The summed E-state index contributed by atoms with van der Waals surface area (Å²) in [6.07, 6.45) is 1.52. The van der Waals surface area contributed by atoms with Crippen molar-refractivity contribution >= 4 is 39.0 Å². The molecule has 0 atom stereocenters. The minimum absolute atomic E-state index is 0.129. The second-order valence-electron chi connectivity index (χ2n) is 5.21. The predicted octanol–water partition coefficient (Wildman–Crippen LogP) is 2.00. The number of carbonyl (C=O) groups is 1. The third-order valence-corrected chi connectivity index (χ3v) is 4.40. The number of aromatic nitrogens is 1. The average molecular weight is 349 g/mol. The third-order valence-electron chi connectivity index (χ3n) is 2.97. The molecule has 9 heteroatoms. The minimum Gasteiger partial charge on any atom is -0.354 e. The van der Waals surface area contributed by atoms with Crippen molar-refractivity contribution in [1.82, 2.24) is 9.29 Å². The van der Waals surface area contributed by atoms with Crippen molar-refractivity contribution in [3.05, 3.63) is 42.6 Å². The van der Waals surface area contributed by atoms with Crippen LogP contribution in [0, 0.1) is 0 Å². The molecule has 1 aromatic carbocycles. The zero-order valence-corrected chi connectivity index (χ0v) is 14.4. The van der Waals surface area contributed by atoms with Gasteiger partial charge in [0.25, 0.3) is 0 Å². The van der Waals surface area contributed by atoms with E-state index < -0.39 is 10.2 Å². The van der Waals surface area contributed by atoms with Gasteiger partial charge >= 0.3 is 10.2 Å². The van der Waals surface area contributed by atoms with E-state index in [2.05, 4.69) is 20.3 Å². The third kappa shape index (κ3) is 4.93. The van der Waals surface area contributed by atoms with Gasteiger partial charge in [-0.2, -0.15) is 12.7 Å². The second kappa shape index (κ2) is 7.28. The lowest BCUT2D eigenvalue weighted by atomic mass is 10.2. The molecule has 0 aliphatic rings. The summed E-state index contributed by atoms with van der Waals surface area (Å²) in [5.41, 5.74) is 2.22. The van der Waals surface area contributed by atoms with E-state index in [1.54, 1.807) is 24.3 Å². The van der Waals surface area contributed by atoms with Crippen LogP contribution >= 0.6 is 0 Å². The summed E-state index contributed by atoms with van der Waals surface area (Å²) < 4.78 is 26.8. The molecule has 0 unspecified atom stereocenters. The fourth-order valence-electron chi connectivity index (χ4n) is 1.76. The van der Waals surface area contributed by atoms with Crippen LogP contribution < -0.4 is 15.4 Å². The number of nitrogens with one attached hydrogen (secondary N) is 3. The van der Waals surface area contributed by atoms with Crippen molar-refractivity contribution in [3.63, 3.8) is 0 Å². The molecule has 0 bridgehead atoms. The van der Waals surface area contributed by atoms with E-state index in [0.29, 0.717) is 11.4 Å². The van der Waals surface area contributed by atoms with Gasteiger partial charge in [-0.1, -0.05) is 0 Å². The van der Waals surface area contributed by atoms with Crippen LogP contribution in [0.4, 0.5) is 22.9 Å². The number of nitrogens with zero attached hydrogens (tertiary/aromatic N) is 2. The number of benzene rings is 1. The average Bonchev–Trinajstić information content (AvgIpc) is 2.50. The summed E-state index contributed by atoms with van der Waals surface area (Å²) in [4.78, 5) is 15.0. The van der Waals surface area contributed by atoms with Gasteiger partial charge in [0.05, 0.1) is 11.9 Å². The van der Waals surface area contributed by atoms with Gasteiger partial charge in [0.1, 0.15) is 5.82 Å². The molecule has 3 N–H and O–H groups in total. The summed E-state index contributed by atoms with van der Waals surface area (Å²) in [5.74, 6) is 0.103. The Morgan fingerprint density at radius 2 is 1.58 bits per heavy atom. The van der Waals surface area contributed by atoms with Gasteiger partial charge in [-0.3, -0.25) is 9.52 Å². The first-order chi connectivity index (χ1) is 11.3. The molecule has 2 rings (SSSR count). The highest BCUT2D eigenvalue weighted by atomic mass is 32.2. The molecule has 0 aliphatic heterocycles. The van der Waals surface area contributed by atoms with E-state index in [1.807, 2.05) is 12.1 Å². The van der Waals surface area contributed by atoms with E-state index >= 15 is 0 Å². The highest BCUT2D eigenvalue weighted by molar-refractivity contribution is 7.90. The van der Waals surface area contributed by atoms with Gasteiger partial charge in [0.2, 0.25) is 5.91 Å². The lowest BCUT2D eigenvalue weighted by Crippen LogP contribution is -2.29. The molecule has 24 heavy (non-hydrogen) atoms. The van der Waals surface area contributed by atoms with E-state index in [-0.39, 0.29) is 11.7 Å². The van der Waals surface area contributed by atoms with Crippen LogP contribution in [0.1, 0.15) is 6.92 Å². The van der Waals surface area contributed by atoms with Crippen LogP contribution in [-0.2, 0) is 15.0 Å². The Bertz CT molecular complexity index is 802. The molecule has 0 fully saturated rings. The molecule has 2 aromatic rings. The predicted molar refractivity (Wildman–Crippen MR) is 94.5 cm³/mol. The Kier molecular flexibility index (Phi) is 5.37. The number of hydrogen-bond donors (Lipinski definition) is 3. The number of carbonyl (C=O) groups excluding carboxylic acids is 1. The zero-order chi connectivity index (χ0) is 17.7. The molecule has 1 aromatic heterocycles. The van der Waals surface area contributed by atoms with Crippen LogP contribution in [0.5, 0.6) is 0 Å². The first-order valence-corrected chi connectivity index (χ1v) is 8.51. The number of amides is 1. The summed E-state index contributed by atoms with van der Waals surface area (Å²) >= 11 is 0. The van der Waals surface area contributed by atoms with Crippen molar-refractivity contribution < 1.29 is 13.2 Å². The van der Waals surface area contributed by atoms with Gasteiger partial charge in [-0.25, -0.2) is 4.98 Å². The van der Waals surface area contributed by atoms with Crippen molar-refractivity contribution in [1.29, 1.82) is 0 Å². The van der Waals surface area contributed by atoms with Crippen LogP contribution in [0.25, 0.3) is 0 Å². The lowest BCUT2D eigenvalue weighted by molar-refractivity contribution is -0.114. The molecule has 0 spiro atoms. The van der Waals surface area contributed by atoms with Crippen molar-refractivity contribution in [3.8, 4) is 0 Å². The van der Waals surface area contributed by atoms with Gasteiger partial charge in [0, 0.05) is 32.4 Å². The maximum Gasteiger partial charge on any atom is 0.302 e. The van der Waals surface area contributed by atoms with Gasteiger partial charge in [-0.15, -0.1) is 0 Å². The Balaban J connectivity index is 2.02. The number of rotatable bonds is 6. The Morgan fingerprint density at radius 1 is 1.00 bits per heavy atom. The molecule has 0 saturated heterocycles. The monoisotopic (exact) mass is 349 g/mol. The van der Waals surface area contributed by atoms with E-state index in [4.69, 9.17) is 0 Å². The van der Waals surface area contributed by atoms with Crippen LogP contribution in [0.2, 0.25) is 0 Å². The van der Waals surface area contributed by atoms with Crippen molar-refractivity contribution in [2.45, 2.75) is 6.92 Å². The fourth-order valence-corrected chi connectivity index (χ4v) is 2.33. The molecular formula is C15H19N5O3S. The summed E-state index contributed by atoms with van der Waals surface area (Å²) in [6.45, 7) is 1.45. The minimum atomic E-state index is -3.57. The number of anilines is 4. The smallest absolute Gasteiger partial charge is 0.302 e. The molecule has 128 valence electrons. The van der Waals surface area contributed by atoms with Gasteiger partial charge in [0.15, 0.2) is 0 Å². The standard InChI is InChI=1S/C15H19N5O3S/c1-11(21)17-12-4-6-13(7-5-12)18-14-8-9-15(16-10-14)19-24(22,23)20(2)3/h4-10,18H,1-3H3,(H,16,19)(H,17,21). The van der Waals surface area contributed by atoms with Crippen molar-refractivity contribution in [2.75, 3.05) is 29.5 Å². The molecular weight excluding hydrogens is 330 g/mol. The summed E-state index contributed by atoms with van der Waals surface area (Å²) in [7, 11) is -0.705. The van der Waals surface area contributed by atoms with E-state index in [0.717, 1.165) is 9.99 Å². The largest absolute Gasteiger partial charge is 0.354 e. The molecule has 0 aliphatic carbocycles. The quantitative estimate of drug-likeness (QED) is 0.740. The Morgan fingerprint density at radius 3 is 2.08 bits per heavy atom. The normalized spacial score (nSPS) is 11.2. The maximum absolute atomic E-state index is 11.7. The molecule has 1 heterocycles. The summed E-state index contributed by atoms with van der Waals surface area (Å²) in [5, 5.41) is 5.82. The topological polar surface area (TPSA) is 103 Å².